The van der Waals surface area contributed by atoms with Crippen molar-refractivity contribution in [3.63, 3.8) is 0 Å². The number of carbonyl (C=O) groups is 1. The maximum atomic E-state index is 12.9. The summed E-state index contributed by atoms with van der Waals surface area (Å²) in [5, 5.41) is 9.43. The fourth-order valence-electron chi connectivity index (χ4n) is 2.74. The second-order valence-electron chi connectivity index (χ2n) is 5.47. The van der Waals surface area contributed by atoms with Crippen molar-refractivity contribution in [1.29, 1.82) is 0 Å². The van der Waals surface area contributed by atoms with Gasteiger partial charge in [0.2, 0.25) is 0 Å². The molecule has 1 aromatic heterocycles. The average molecular weight is 295 g/mol. The van der Waals surface area contributed by atoms with E-state index in [1.807, 2.05) is 0 Å². The van der Waals surface area contributed by atoms with Crippen molar-refractivity contribution in [3.8, 4) is 0 Å². The van der Waals surface area contributed by atoms with Crippen molar-refractivity contribution in [3.05, 3.63) is 41.7 Å². The van der Waals surface area contributed by atoms with Crippen molar-refractivity contribution < 1.29 is 23.1 Å². The zero-order valence-corrected chi connectivity index (χ0v) is 10.9. The molecular formula is C15H12F3NO2. The van der Waals surface area contributed by atoms with E-state index < -0.39 is 23.1 Å². The topological polar surface area (TPSA) is 50.2 Å². The van der Waals surface area contributed by atoms with Crippen molar-refractivity contribution >= 4 is 16.7 Å². The third-order valence-corrected chi connectivity index (χ3v) is 4.02. The molecule has 1 fully saturated rings. The van der Waals surface area contributed by atoms with Crippen LogP contribution in [0.15, 0.2) is 30.6 Å². The first-order valence-corrected chi connectivity index (χ1v) is 6.49. The fourth-order valence-corrected chi connectivity index (χ4v) is 2.74. The minimum atomic E-state index is -4.45. The first kappa shape index (κ1) is 13.9. The van der Waals surface area contributed by atoms with Gasteiger partial charge in [-0.15, -0.1) is 0 Å². The van der Waals surface area contributed by atoms with Crippen LogP contribution in [0.1, 0.15) is 30.4 Å². The minimum absolute atomic E-state index is 0.00486. The molecule has 1 saturated carbocycles. The highest BCUT2D eigenvalue weighted by molar-refractivity contribution is 5.86. The second kappa shape index (κ2) is 4.44. The van der Waals surface area contributed by atoms with Gasteiger partial charge in [0.1, 0.15) is 0 Å². The average Bonchev–Trinajstić information content (AvgIpc) is 3.16. The number of pyridine rings is 1. The van der Waals surface area contributed by atoms with Crippen molar-refractivity contribution in [2.75, 3.05) is 0 Å². The highest BCUT2D eigenvalue weighted by Crippen LogP contribution is 2.51. The molecule has 21 heavy (non-hydrogen) atoms. The number of aliphatic carboxylic acids is 1. The van der Waals surface area contributed by atoms with Gasteiger partial charge in [-0.1, -0.05) is 12.1 Å². The normalized spacial score (nSPS) is 16.9. The van der Waals surface area contributed by atoms with Crippen LogP contribution in [0.5, 0.6) is 0 Å². The lowest BCUT2D eigenvalue weighted by Gasteiger charge is -2.15. The number of halogens is 3. The Balaban J connectivity index is 2.08. The van der Waals surface area contributed by atoms with Gasteiger partial charge < -0.3 is 5.11 Å². The summed E-state index contributed by atoms with van der Waals surface area (Å²) in [5.41, 5.74) is -0.415. The van der Waals surface area contributed by atoms with Gasteiger partial charge in [0.15, 0.2) is 0 Å². The van der Waals surface area contributed by atoms with E-state index in [1.165, 1.54) is 12.3 Å². The van der Waals surface area contributed by atoms with Crippen molar-refractivity contribution in [2.24, 2.45) is 0 Å². The van der Waals surface area contributed by atoms with Crippen LogP contribution >= 0.6 is 0 Å². The van der Waals surface area contributed by atoms with Crippen LogP contribution in [0.25, 0.3) is 10.8 Å². The largest absolute Gasteiger partial charge is 0.481 e. The Bertz CT molecular complexity index is 720. The lowest BCUT2D eigenvalue weighted by Crippen LogP contribution is -2.13. The third-order valence-electron chi connectivity index (χ3n) is 4.02. The number of nitrogens with zero attached hydrogens (tertiary/aromatic N) is 1. The Kier molecular flexibility index (Phi) is 2.93. The number of rotatable bonds is 3. The molecule has 0 atom stereocenters. The molecule has 0 saturated heterocycles. The Labute approximate surface area is 118 Å². The number of aromatic nitrogens is 1. The summed E-state index contributed by atoms with van der Waals surface area (Å²) >= 11 is 0. The lowest BCUT2D eigenvalue weighted by atomic mass is 9.90. The van der Waals surface area contributed by atoms with Crippen molar-refractivity contribution in [2.45, 2.75) is 30.9 Å². The van der Waals surface area contributed by atoms with Crippen LogP contribution in [-0.4, -0.2) is 16.1 Å². The van der Waals surface area contributed by atoms with Crippen molar-refractivity contribution in [1.82, 2.24) is 4.98 Å². The molecular weight excluding hydrogens is 283 g/mol. The number of hydrogen-bond donors (Lipinski definition) is 1. The van der Waals surface area contributed by atoms with Gasteiger partial charge in [-0.2, -0.15) is 13.2 Å². The minimum Gasteiger partial charge on any atom is -0.481 e. The molecule has 0 spiro atoms. The predicted octanol–water partition coefficient (Wildman–Crippen LogP) is 3.76. The van der Waals surface area contributed by atoms with Gasteiger partial charge in [-0.25, -0.2) is 0 Å². The van der Waals surface area contributed by atoms with Gasteiger partial charge in [0.05, 0.1) is 12.0 Å². The second-order valence-corrected chi connectivity index (χ2v) is 5.47. The van der Waals surface area contributed by atoms with E-state index in [2.05, 4.69) is 4.98 Å². The lowest BCUT2D eigenvalue weighted by molar-refractivity contribution is -0.138. The molecule has 6 heteroatoms. The smallest absolute Gasteiger partial charge is 0.418 e. The summed E-state index contributed by atoms with van der Waals surface area (Å²) in [4.78, 5) is 14.6. The molecule has 0 amide bonds. The standard InChI is InChI=1S/C15H12F3NO2/c16-15(17,18)12-8-19-7-9-5-10(1-2-11(9)12)14(3-4-14)6-13(20)21/h1-2,5,7-8H,3-4,6H2,(H,20,21). The SMILES string of the molecule is O=C(O)CC1(c2ccc3c(C(F)(F)F)cncc3c2)CC1. The molecule has 1 aliphatic carbocycles. The van der Waals surface area contributed by atoms with E-state index in [9.17, 15) is 18.0 Å². The molecule has 1 aromatic carbocycles. The number of carboxylic acids is 1. The monoisotopic (exact) mass is 295 g/mol. The molecule has 110 valence electrons. The molecule has 1 N–H and O–H groups in total. The molecule has 0 radical (unpaired) electrons. The Hall–Kier alpha value is -2.11. The van der Waals surface area contributed by atoms with Gasteiger partial charge in [0, 0.05) is 23.2 Å². The fraction of sp³-hybridized carbons (Fsp3) is 0.333. The molecule has 1 aliphatic rings. The zero-order valence-electron chi connectivity index (χ0n) is 10.9. The van der Waals surface area contributed by atoms with Gasteiger partial charge in [-0.3, -0.25) is 9.78 Å². The first-order valence-electron chi connectivity index (χ1n) is 6.49. The zero-order chi connectivity index (χ0) is 15.3. The molecule has 1 heterocycles. The molecule has 3 rings (SSSR count). The Morgan fingerprint density at radius 3 is 2.57 bits per heavy atom. The molecule has 0 unspecified atom stereocenters. The maximum absolute atomic E-state index is 12.9. The van der Waals surface area contributed by atoms with E-state index >= 15 is 0 Å². The summed E-state index contributed by atoms with van der Waals surface area (Å²) in [6.45, 7) is 0. The highest BCUT2D eigenvalue weighted by atomic mass is 19.4. The summed E-state index contributed by atoms with van der Waals surface area (Å²) in [6, 6.07) is 4.65. The van der Waals surface area contributed by atoms with E-state index in [4.69, 9.17) is 5.11 Å². The Morgan fingerprint density at radius 1 is 1.29 bits per heavy atom. The van der Waals surface area contributed by atoms with Crippen LogP contribution < -0.4 is 0 Å². The van der Waals surface area contributed by atoms with Gasteiger partial charge in [0.25, 0.3) is 0 Å². The maximum Gasteiger partial charge on any atom is 0.418 e. The van der Waals surface area contributed by atoms with Crippen LogP contribution in [-0.2, 0) is 16.4 Å². The summed E-state index contributed by atoms with van der Waals surface area (Å²) in [7, 11) is 0. The first-order chi connectivity index (χ1) is 9.82. The summed E-state index contributed by atoms with van der Waals surface area (Å²) < 4.78 is 38.8. The van der Waals surface area contributed by atoms with E-state index in [1.54, 1.807) is 12.1 Å². The highest BCUT2D eigenvalue weighted by Gasteiger charge is 2.46. The number of carboxylic acid groups (broad SMARTS) is 1. The van der Waals surface area contributed by atoms with E-state index in [0.717, 1.165) is 24.6 Å². The van der Waals surface area contributed by atoms with Gasteiger partial charge in [-0.05, 0) is 29.9 Å². The van der Waals surface area contributed by atoms with Crippen LogP contribution in [0.2, 0.25) is 0 Å². The third kappa shape index (κ3) is 2.46. The summed E-state index contributed by atoms with van der Waals surface area (Å²) in [5.74, 6) is -0.894. The predicted molar refractivity (Wildman–Crippen MR) is 69.9 cm³/mol. The quantitative estimate of drug-likeness (QED) is 0.938. The number of hydrogen-bond acceptors (Lipinski definition) is 2. The van der Waals surface area contributed by atoms with Crippen LogP contribution in [0.4, 0.5) is 13.2 Å². The van der Waals surface area contributed by atoms with Crippen LogP contribution in [0, 0.1) is 0 Å². The number of benzene rings is 1. The van der Waals surface area contributed by atoms with E-state index in [0.29, 0.717) is 5.39 Å². The van der Waals surface area contributed by atoms with Gasteiger partial charge >= 0.3 is 12.1 Å². The summed E-state index contributed by atoms with van der Waals surface area (Å²) in [6.07, 6.45) is -0.761. The molecule has 2 aromatic rings. The molecule has 3 nitrogen and oxygen atoms in total. The Morgan fingerprint density at radius 2 is 2.00 bits per heavy atom. The molecule has 0 aliphatic heterocycles. The number of fused-ring (bicyclic) bond motifs is 1. The molecule has 0 bridgehead atoms. The van der Waals surface area contributed by atoms with Crippen LogP contribution in [0.3, 0.4) is 0 Å². The van der Waals surface area contributed by atoms with E-state index in [-0.39, 0.29) is 11.8 Å². The number of alkyl halides is 3.